The number of nitrogens with zero attached hydrogens (tertiary/aromatic N) is 2. The van der Waals surface area contributed by atoms with Crippen LogP contribution in [0.3, 0.4) is 0 Å². The van der Waals surface area contributed by atoms with E-state index in [9.17, 15) is 23.8 Å². The molecule has 0 saturated heterocycles. The number of hydrogen-bond acceptors (Lipinski definition) is 5. The Kier molecular flexibility index (Phi) is 6.59. The van der Waals surface area contributed by atoms with Crippen molar-refractivity contribution in [3.63, 3.8) is 0 Å². The van der Waals surface area contributed by atoms with Crippen molar-refractivity contribution in [1.82, 2.24) is 9.72 Å². The number of carboxylic acids is 1. The third-order valence-corrected chi connectivity index (χ3v) is 6.96. The molecule has 2 aromatic heterocycles. The number of fused-ring (bicyclic) bond motifs is 1. The van der Waals surface area contributed by atoms with Gasteiger partial charge in [-0.15, -0.1) is 0 Å². The Morgan fingerprint density at radius 3 is 2.46 bits per heavy atom. The summed E-state index contributed by atoms with van der Waals surface area (Å²) in [4.78, 5) is 11.5. The van der Waals surface area contributed by atoms with Crippen molar-refractivity contribution < 1.29 is 33.0 Å². The van der Waals surface area contributed by atoms with Gasteiger partial charge in [-0.1, -0.05) is 31.1 Å². The van der Waals surface area contributed by atoms with Crippen molar-refractivity contribution in [2.24, 2.45) is 0 Å². The second-order valence-corrected chi connectivity index (χ2v) is 9.95. The first kappa shape index (κ1) is 26.0. The van der Waals surface area contributed by atoms with Crippen LogP contribution in [0.15, 0.2) is 71.4 Å². The van der Waals surface area contributed by atoms with Crippen LogP contribution in [-0.4, -0.2) is 33.0 Å². The second kappa shape index (κ2) is 9.90. The van der Waals surface area contributed by atoms with Gasteiger partial charge in [0.25, 0.3) is 0 Å². The fourth-order valence-corrected chi connectivity index (χ4v) is 5.04. The van der Waals surface area contributed by atoms with Crippen LogP contribution in [0, 0.1) is 11.6 Å². The Hall–Kier alpha value is -4.66. The molecule has 0 bridgehead atoms. The maximum absolute atomic E-state index is 14.8. The summed E-state index contributed by atoms with van der Waals surface area (Å²) < 4.78 is 41.2. The monoisotopic (exact) mass is 532 g/mol. The van der Waals surface area contributed by atoms with Gasteiger partial charge >= 0.3 is 5.97 Å². The molecule has 5 rings (SSSR count). The van der Waals surface area contributed by atoms with Crippen LogP contribution in [0.5, 0.6) is 11.5 Å². The van der Waals surface area contributed by atoms with Gasteiger partial charge in [0.2, 0.25) is 0 Å². The van der Waals surface area contributed by atoms with E-state index in [4.69, 9.17) is 9.26 Å². The highest BCUT2D eigenvalue weighted by Gasteiger charge is 2.33. The van der Waals surface area contributed by atoms with Crippen LogP contribution in [0.25, 0.3) is 27.7 Å². The van der Waals surface area contributed by atoms with Crippen molar-refractivity contribution in [1.29, 1.82) is 0 Å². The topological polar surface area (TPSA) is 97.7 Å². The summed E-state index contributed by atoms with van der Waals surface area (Å²) in [6, 6.07) is 14.8. The van der Waals surface area contributed by atoms with Crippen molar-refractivity contribution >= 4 is 16.9 Å². The molecule has 7 nitrogen and oxygen atoms in total. The van der Waals surface area contributed by atoms with Gasteiger partial charge in [0.1, 0.15) is 17.8 Å². The van der Waals surface area contributed by atoms with E-state index in [-0.39, 0.29) is 17.1 Å². The molecule has 0 amide bonds. The highest BCUT2D eigenvalue weighted by atomic mass is 19.1. The first-order chi connectivity index (χ1) is 18.6. The minimum absolute atomic E-state index is 0.00805. The highest BCUT2D eigenvalue weighted by molar-refractivity contribution is 6.04. The Morgan fingerprint density at radius 2 is 1.82 bits per heavy atom. The fraction of sp³-hybridized carbons (Fsp3) is 0.200. The molecule has 0 aliphatic heterocycles. The number of benzene rings is 3. The number of aryl methyl sites for hydroxylation is 1. The van der Waals surface area contributed by atoms with Crippen molar-refractivity contribution in [2.45, 2.75) is 32.1 Å². The first-order valence-corrected chi connectivity index (χ1v) is 12.2. The molecule has 0 radical (unpaired) electrons. The number of methoxy groups -OCH3 is 1. The molecule has 0 aliphatic rings. The normalized spacial score (nSPS) is 11.7. The third-order valence-electron chi connectivity index (χ3n) is 6.96. The Morgan fingerprint density at radius 1 is 1.08 bits per heavy atom. The Labute approximate surface area is 222 Å². The number of rotatable bonds is 8. The summed E-state index contributed by atoms with van der Waals surface area (Å²) in [5.74, 6) is -2.53. The molecule has 2 heterocycles. The number of carbonyl (C=O) groups is 1. The van der Waals surface area contributed by atoms with Gasteiger partial charge in [-0.05, 0) is 48.7 Å². The Balaban J connectivity index is 1.86. The molecule has 9 heteroatoms. The van der Waals surface area contributed by atoms with Gasteiger partial charge in [0, 0.05) is 40.6 Å². The van der Waals surface area contributed by atoms with E-state index in [2.05, 4.69) is 5.16 Å². The lowest BCUT2D eigenvalue weighted by molar-refractivity contribution is 0.0697. The van der Waals surface area contributed by atoms with Gasteiger partial charge in [0.15, 0.2) is 11.6 Å². The zero-order valence-corrected chi connectivity index (χ0v) is 21.5. The summed E-state index contributed by atoms with van der Waals surface area (Å²) in [6.07, 6.45) is 2.65. The molecule has 0 atom stereocenters. The molecule has 0 spiro atoms. The molecular formula is C30H26F2N2O5. The standard InChI is InChI=1S/C30H26F2N2O5/c1-30(2,12-10-20-11-13-39-33-20)28-26(17-4-6-18(7-5-17)29(36)37)27-23(14-19(31)15-24(27)35)34(28)21-8-9-22(32)25(16-21)38-3/h4-9,11,13-16,35H,10,12H2,1-3H3,(H,36,37). The van der Waals surface area contributed by atoms with Gasteiger partial charge in [0.05, 0.1) is 29.3 Å². The van der Waals surface area contributed by atoms with Crippen LogP contribution < -0.4 is 4.74 Å². The quantitative estimate of drug-likeness (QED) is 0.226. The van der Waals surface area contributed by atoms with Gasteiger partial charge in [-0.2, -0.15) is 0 Å². The molecular weight excluding hydrogens is 506 g/mol. The van der Waals surface area contributed by atoms with E-state index in [1.54, 1.807) is 28.8 Å². The van der Waals surface area contributed by atoms with E-state index < -0.39 is 23.0 Å². The number of aromatic nitrogens is 2. The molecule has 0 fully saturated rings. The van der Waals surface area contributed by atoms with Crippen molar-refractivity contribution in [3.8, 4) is 28.3 Å². The van der Waals surface area contributed by atoms with Crippen LogP contribution in [0.2, 0.25) is 0 Å². The predicted molar refractivity (Wildman–Crippen MR) is 142 cm³/mol. The molecule has 5 aromatic rings. The molecule has 200 valence electrons. The minimum atomic E-state index is -1.07. The largest absolute Gasteiger partial charge is 0.507 e. The number of phenolic OH excluding ortho intramolecular Hbond substituents is 1. The average molecular weight is 533 g/mol. The van der Waals surface area contributed by atoms with Gasteiger partial charge in [-0.3, -0.25) is 0 Å². The number of phenols is 1. The van der Waals surface area contributed by atoms with Crippen LogP contribution >= 0.6 is 0 Å². The van der Waals surface area contributed by atoms with E-state index >= 15 is 0 Å². The molecule has 39 heavy (non-hydrogen) atoms. The van der Waals surface area contributed by atoms with Crippen LogP contribution in [0.4, 0.5) is 8.78 Å². The number of hydrogen-bond donors (Lipinski definition) is 2. The summed E-state index contributed by atoms with van der Waals surface area (Å²) in [7, 11) is 1.36. The van der Waals surface area contributed by atoms with E-state index in [0.717, 1.165) is 11.8 Å². The van der Waals surface area contributed by atoms with E-state index in [1.807, 2.05) is 13.8 Å². The van der Waals surface area contributed by atoms with E-state index in [0.29, 0.717) is 46.3 Å². The van der Waals surface area contributed by atoms with Crippen LogP contribution in [0.1, 0.15) is 42.0 Å². The smallest absolute Gasteiger partial charge is 0.335 e. The molecule has 0 saturated carbocycles. The van der Waals surface area contributed by atoms with Crippen LogP contribution in [-0.2, 0) is 11.8 Å². The van der Waals surface area contributed by atoms with Crippen molar-refractivity contribution in [2.75, 3.05) is 7.11 Å². The fourth-order valence-electron chi connectivity index (χ4n) is 5.04. The summed E-state index contributed by atoms with van der Waals surface area (Å²) >= 11 is 0. The van der Waals surface area contributed by atoms with Gasteiger partial charge in [-0.25, -0.2) is 13.6 Å². The maximum Gasteiger partial charge on any atom is 0.335 e. The number of aromatic carboxylic acids is 1. The molecule has 0 unspecified atom stereocenters. The lowest BCUT2D eigenvalue weighted by Gasteiger charge is -2.29. The van der Waals surface area contributed by atoms with E-state index in [1.165, 1.54) is 43.7 Å². The number of halogens is 2. The zero-order chi connectivity index (χ0) is 27.9. The second-order valence-electron chi connectivity index (χ2n) is 9.95. The van der Waals surface area contributed by atoms with Crippen molar-refractivity contribution in [3.05, 3.63) is 95.5 Å². The van der Waals surface area contributed by atoms with Gasteiger partial charge < -0.3 is 24.0 Å². The third kappa shape index (κ3) is 4.71. The summed E-state index contributed by atoms with van der Waals surface area (Å²) in [5.41, 5.74) is 3.05. The lowest BCUT2D eigenvalue weighted by Crippen LogP contribution is -2.23. The maximum atomic E-state index is 14.8. The minimum Gasteiger partial charge on any atom is -0.507 e. The SMILES string of the molecule is COc1cc(-n2c(C(C)(C)CCc3ccon3)c(-c3ccc(C(=O)O)cc3)c3c(O)cc(F)cc32)ccc1F. The molecule has 2 N–H and O–H groups in total. The first-order valence-electron chi connectivity index (χ1n) is 12.2. The summed E-state index contributed by atoms with van der Waals surface area (Å²) in [5, 5.41) is 24.9. The molecule has 0 aliphatic carbocycles. The number of carboxylic acid groups (broad SMARTS) is 1. The zero-order valence-electron chi connectivity index (χ0n) is 21.5. The highest BCUT2D eigenvalue weighted by Crippen LogP contribution is 2.47. The number of aromatic hydroxyl groups is 1. The molecule has 3 aromatic carbocycles. The predicted octanol–water partition coefficient (Wildman–Crippen LogP) is 6.89. The average Bonchev–Trinajstić information content (AvgIpc) is 3.55. The summed E-state index contributed by atoms with van der Waals surface area (Å²) in [6.45, 7) is 4.03. The number of ether oxygens (including phenoxy) is 1. The lowest BCUT2D eigenvalue weighted by atomic mass is 9.80. The Bertz CT molecular complexity index is 1670.